The number of hydrogen-bond acceptors (Lipinski definition) is 8. The number of nitrogens with zero attached hydrogens (tertiary/aromatic N) is 3. The Kier molecular flexibility index (Phi) is 7.58. The number of aromatic nitrogens is 1. The van der Waals surface area contributed by atoms with Crippen LogP contribution >= 0.6 is 0 Å². The third-order valence-electron chi connectivity index (χ3n) is 6.40. The van der Waals surface area contributed by atoms with Crippen molar-refractivity contribution in [2.45, 2.75) is 26.7 Å². The molecule has 0 radical (unpaired) electrons. The number of fused-ring (bicyclic) bond motifs is 1. The highest BCUT2D eigenvalue weighted by Gasteiger charge is 2.17. The first kappa shape index (κ1) is 25.6. The average molecular weight is 519 g/mol. The van der Waals surface area contributed by atoms with E-state index in [4.69, 9.17) is 29.9 Å². The van der Waals surface area contributed by atoms with Crippen molar-refractivity contribution in [2.24, 2.45) is 5.73 Å². The number of aryl methyl sites for hydroxylation is 1. The molecule has 1 aromatic heterocycles. The maximum atomic E-state index is 10.1. The Bertz CT molecular complexity index is 1600. The largest absolute Gasteiger partial charge is 0.488 e. The third kappa shape index (κ3) is 5.62. The van der Waals surface area contributed by atoms with Crippen LogP contribution in [0.4, 0.5) is 0 Å². The van der Waals surface area contributed by atoms with Gasteiger partial charge in [0.1, 0.15) is 50.1 Å². The van der Waals surface area contributed by atoms with E-state index in [1.807, 2.05) is 55.5 Å². The summed E-state index contributed by atoms with van der Waals surface area (Å²) in [6, 6.07) is 21.3. The van der Waals surface area contributed by atoms with Crippen LogP contribution in [-0.4, -0.2) is 18.2 Å². The Morgan fingerprint density at radius 1 is 0.872 bits per heavy atom. The summed E-state index contributed by atoms with van der Waals surface area (Å²) in [6.07, 6.45) is 3.16. The van der Waals surface area contributed by atoms with Gasteiger partial charge in [0.2, 0.25) is 0 Å². The molecule has 8 nitrogen and oxygen atoms in total. The molecule has 2 heterocycles. The van der Waals surface area contributed by atoms with Crippen molar-refractivity contribution < 1.29 is 18.9 Å². The molecule has 0 atom stereocenters. The van der Waals surface area contributed by atoms with Gasteiger partial charge in [0, 0.05) is 41.7 Å². The average Bonchev–Trinajstić information content (AvgIpc) is 2.99. The molecule has 2 N–H and O–H groups in total. The summed E-state index contributed by atoms with van der Waals surface area (Å²) in [6.45, 7) is 3.67. The second-order valence-corrected chi connectivity index (χ2v) is 9.01. The summed E-state index contributed by atoms with van der Waals surface area (Å²) in [5.74, 6) is 2.58. The second-order valence-electron chi connectivity index (χ2n) is 9.01. The summed E-state index contributed by atoms with van der Waals surface area (Å²) < 4.78 is 23.6. The quantitative estimate of drug-likeness (QED) is 0.338. The molecule has 0 amide bonds. The van der Waals surface area contributed by atoms with Crippen molar-refractivity contribution in [2.75, 3.05) is 13.2 Å². The lowest BCUT2D eigenvalue weighted by Gasteiger charge is -2.19. The molecule has 1 aliphatic heterocycles. The van der Waals surface area contributed by atoms with Crippen LogP contribution in [0.1, 0.15) is 33.4 Å². The SMILES string of the molecule is Cc1cc(CN)c(OCc2cncc(C#N)c2)cc1OCc1cccc(-c2ccc3c(c2)OCCO3)c1C#N. The van der Waals surface area contributed by atoms with Gasteiger partial charge in [-0.3, -0.25) is 4.98 Å². The van der Waals surface area contributed by atoms with Gasteiger partial charge in [0.25, 0.3) is 0 Å². The number of hydrogen-bond donors (Lipinski definition) is 1. The molecule has 39 heavy (non-hydrogen) atoms. The standard InChI is InChI=1S/C31H26N4O4/c1-20-9-25(14-33)30(38-18-22-10-21(13-32)16-35-17-22)12-29(20)39-19-24-3-2-4-26(27(24)15-34)23-5-6-28-31(11-23)37-8-7-36-28/h2-6,9-12,16-17H,7-8,14,18-19,33H2,1H3. The molecule has 3 aromatic carbocycles. The lowest BCUT2D eigenvalue weighted by molar-refractivity contribution is 0.171. The first-order chi connectivity index (χ1) is 19.1. The molecule has 0 unspecified atom stereocenters. The number of ether oxygens (including phenoxy) is 4. The van der Waals surface area contributed by atoms with Gasteiger partial charge in [-0.25, -0.2) is 0 Å². The van der Waals surface area contributed by atoms with Crippen molar-refractivity contribution >= 4 is 0 Å². The minimum absolute atomic E-state index is 0.192. The van der Waals surface area contributed by atoms with Gasteiger partial charge in [-0.15, -0.1) is 0 Å². The Balaban J connectivity index is 1.37. The second kappa shape index (κ2) is 11.6. The number of nitrogens with two attached hydrogens (primary N) is 1. The van der Waals surface area contributed by atoms with Crippen molar-refractivity contribution in [3.63, 3.8) is 0 Å². The van der Waals surface area contributed by atoms with Gasteiger partial charge in [-0.2, -0.15) is 10.5 Å². The van der Waals surface area contributed by atoms with Crippen LogP contribution in [0.25, 0.3) is 11.1 Å². The molecule has 0 bridgehead atoms. The number of benzene rings is 3. The third-order valence-corrected chi connectivity index (χ3v) is 6.40. The topological polar surface area (TPSA) is 123 Å². The highest BCUT2D eigenvalue weighted by molar-refractivity contribution is 5.74. The molecule has 1 aliphatic rings. The Labute approximate surface area is 226 Å². The predicted octanol–water partition coefficient (Wildman–Crippen LogP) is 5.19. The molecule has 0 aliphatic carbocycles. The zero-order chi connectivity index (χ0) is 27.2. The van der Waals surface area contributed by atoms with E-state index in [2.05, 4.69) is 17.1 Å². The van der Waals surface area contributed by atoms with E-state index in [1.54, 1.807) is 12.3 Å². The maximum Gasteiger partial charge on any atom is 0.161 e. The van der Waals surface area contributed by atoms with Crippen LogP contribution in [0.15, 0.2) is 67.0 Å². The lowest BCUT2D eigenvalue weighted by Crippen LogP contribution is -2.15. The number of rotatable bonds is 8. The number of pyridine rings is 1. The van der Waals surface area contributed by atoms with Crippen LogP contribution < -0.4 is 24.7 Å². The van der Waals surface area contributed by atoms with Gasteiger partial charge < -0.3 is 24.7 Å². The summed E-state index contributed by atoms with van der Waals surface area (Å²) in [5.41, 5.74) is 11.9. The highest BCUT2D eigenvalue weighted by Crippen LogP contribution is 2.36. The molecular formula is C31H26N4O4. The van der Waals surface area contributed by atoms with E-state index in [9.17, 15) is 5.26 Å². The predicted molar refractivity (Wildman–Crippen MR) is 144 cm³/mol. The van der Waals surface area contributed by atoms with Crippen LogP contribution in [-0.2, 0) is 19.8 Å². The van der Waals surface area contributed by atoms with Gasteiger partial charge in [0.05, 0.1) is 11.1 Å². The fourth-order valence-electron chi connectivity index (χ4n) is 4.43. The molecule has 8 heteroatoms. The summed E-state index contributed by atoms with van der Waals surface area (Å²) in [7, 11) is 0. The van der Waals surface area contributed by atoms with E-state index in [1.165, 1.54) is 6.20 Å². The smallest absolute Gasteiger partial charge is 0.161 e. The highest BCUT2D eigenvalue weighted by atomic mass is 16.6. The molecular weight excluding hydrogens is 492 g/mol. The van der Waals surface area contributed by atoms with E-state index < -0.39 is 0 Å². The molecule has 194 valence electrons. The monoisotopic (exact) mass is 518 g/mol. The molecule has 5 rings (SSSR count). The fourth-order valence-corrected chi connectivity index (χ4v) is 4.43. The van der Waals surface area contributed by atoms with Crippen molar-refractivity contribution in [3.8, 4) is 46.3 Å². The van der Waals surface area contributed by atoms with Crippen molar-refractivity contribution in [1.29, 1.82) is 10.5 Å². The summed E-state index contributed by atoms with van der Waals surface area (Å²) in [5, 5.41) is 19.2. The molecule has 4 aromatic rings. The van der Waals surface area contributed by atoms with Gasteiger partial charge in [0.15, 0.2) is 11.5 Å². The van der Waals surface area contributed by atoms with Crippen LogP contribution in [0.2, 0.25) is 0 Å². The molecule has 0 saturated heterocycles. The Morgan fingerprint density at radius 3 is 2.49 bits per heavy atom. The number of nitriles is 2. The van der Waals surface area contributed by atoms with Crippen LogP contribution in [0.3, 0.4) is 0 Å². The van der Waals surface area contributed by atoms with E-state index in [0.717, 1.165) is 33.4 Å². The van der Waals surface area contributed by atoms with Gasteiger partial charge >= 0.3 is 0 Å². The van der Waals surface area contributed by atoms with Crippen molar-refractivity contribution in [1.82, 2.24) is 4.98 Å². The molecule has 0 saturated carbocycles. The molecule has 0 fully saturated rings. The van der Waals surface area contributed by atoms with Crippen LogP contribution in [0.5, 0.6) is 23.0 Å². The van der Waals surface area contributed by atoms with Gasteiger partial charge in [-0.1, -0.05) is 24.3 Å². The van der Waals surface area contributed by atoms with E-state index >= 15 is 0 Å². The van der Waals surface area contributed by atoms with Crippen LogP contribution in [0, 0.1) is 29.6 Å². The van der Waals surface area contributed by atoms with Crippen molar-refractivity contribution in [3.05, 3.63) is 100 Å². The lowest BCUT2D eigenvalue weighted by atomic mass is 9.96. The normalized spacial score (nSPS) is 11.8. The zero-order valence-electron chi connectivity index (χ0n) is 21.4. The summed E-state index contributed by atoms with van der Waals surface area (Å²) in [4.78, 5) is 4.08. The Hall–Kier alpha value is -5.05. The zero-order valence-corrected chi connectivity index (χ0v) is 21.4. The van der Waals surface area contributed by atoms with Gasteiger partial charge in [-0.05, 0) is 47.9 Å². The van der Waals surface area contributed by atoms with E-state index in [0.29, 0.717) is 53.9 Å². The Morgan fingerprint density at radius 2 is 1.69 bits per heavy atom. The van der Waals surface area contributed by atoms with E-state index in [-0.39, 0.29) is 13.2 Å². The minimum Gasteiger partial charge on any atom is -0.488 e. The molecule has 0 spiro atoms. The summed E-state index contributed by atoms with van der Waals surface area (Å²) >= 11 is 0. The maximum absolute atomic E-state index is 10.1. The first-order valence-electron chi connectivity index (χ1n) is 12.4. The first-order valence-corrected chi connectivity index (χ1v) is 12.4. The fraction of sp³-hybridized carbons (Fsp3) is 0.194. The minimum atomic E-state index is 0.192.